The maximum absolute atomic E-state index is 12.9. The van der Waals surface area contributed by atoms with Gasteiger partial charge < -0.3 is 9.15 Å². The second-order valence-electron chi connectivity index (χ2n) is 8.20. The van der Waals surface area contributed by atoms with E-state index in [0.717, 1.165) is 11.1 Å². The van der Waals surface area contributed by atoms with Gasteiger partial charge in [-0.05, 0) is 48.7 Å². The third-order valence-electron chi connectivity index (χ3n) is 5.51. The van der Waals surface area contributed by atoms with Gasteiger partial charge in [0, 0.05) is 17.5 Å². The van der Waals surface area contributed by atoms with Gasteiger partial charge in [-0.2, -0.15) is 4.72 Å². The lowest BCUT2D eigenvalue weighted by Gasteiger charge is -2.17. The second kappa shape index (κ2) is 10.2. The first-order valence-corrected chi connectivity index (χ1v) is 12.7. The van der Waals surface area contributed by atoms with Crippen LogP contribution in [0.15, 0.2) is 93.0 Å². The van der Waals surface area contributed by atoms with Gasteiger partial charge in [0.2, 0.25) is 10.0 Å². The molecule has 7 nitrogen and oxygen atoms in total. The van der Waals surface area contributed by atoms with Gasteiger partial charge in [0.05, 0.1) is 4.90 Å². The Hall–Kier alpha value is -3.75. The molecule has 35 heavy (non-hydrogen) atoms. The van der Waals surface area contributed by atoms with E-state index in [4.69, 9.17) is 9.15 Å². The van der Waals surface area contributed by atoms with Crippen molar-refractivity contribution < 1.29 is 22.4 Å². The first-order valence-electron chi connectivity index (χ1n) is 11.2. The summed E-state index contributed by atoms with van der Waals surface area (Å²) >= 11 is 0. The van der Waals surface area contributed by atoms with Crippen LogP contribution in [0.4, 0.5) is 0 Å². The van der Waals surface area contributed by atoms with Crippen molar-refractivity contribution in [1.82, 2.24) is 4.72 Å². The first-order chi connectivity index (χ1) is 16.8. The molecule has 180 valence electrons. The van der Waals surface area contributed by atoms with E-state index < -0.39 is 27.7 Å². The second-order valence-corrected chi connectivity index (χ2v) is 9.91. The Morgan fingerprint density at radius 2 is 1.71 bits per heavy atom. The summed E-state index contributed by atoms with van der Waals surface area (Å²) < 4.78 is 38.9. The number of carbonyl (C=O) groups excluding carboxylic acids is 1. The quantitative estimate of drug-likeness (QED) is 0.215. The van der Waals surface area contributed by atoms with Crippen LogP contribution in [0.5, 0.6) is 5.75 Å². The largest absolute Gasteiger partial charge is 0.425 e. The van der Waals surface area contributed by atoms with Gasteiger partial charge in [-0.3, -0.25) is 0 Å². The molecule has 8 heteroatoms. The van der Waals surface area contributed by atoms with E-state index in [2.05, 4.69) is 4.72 Å². The van der Waals surface area contributed by atoms with E-state index in [1.807, 2.05) is 44.2 Å². The summed E-state index contributed by atoms with van der Waals surface area (Å²) in [7, 11) is -3.92. The van der Waals surface area contributed by atoms with Gasteiger partial charge in [0.25, 0.3) is 0 Å². The highest BCUT2D eigenvalue weighted by Crippen LogP contribution is 2.29. The Bertz CT molecular complexity index is 1510. The molecule has 0 radical (unpaired) electrons. The number of carbonyl (C=O) groups is 1. The summed E-state index contributed by atoms with van der Waals surface area (Å²) in [5, 5.41) is 0.681. The topological polar surface area (TPSA) is 103 Å². The molecule has 0 fully saturated rings. The zero-order valence-electron chi connectivity index (χ0n) is 19.4. The molecule has 0 aliphatic rings. The number of ether oxygens (including phenoxy) is 1. The predicted molar refractivity (Wildman–Crippen MR) is 134 cm³/mol. The minimum atomic E-state index is -3.92. The fourth-order valence-corrected chi connectivity index (χ4v) is 4.96. The minimum absolute atomic E-state index is 0.0675. The lowest BCUT2D eigenvalue weighted by atomic mass is 10.0. The Kier molecular flexibility index (Phi) is 7.14. The smallest absolute Gasteiger partial charge is 0.336 e. The number of rotatable bonds is 8. The number of hydrogen-bond acceptors (Lipinski definition) is 6. The monoisotopic (exact) mass is 491 g/mol. The van der Waals surface area contributed by atoms with Crippen molar-refractivity contribution in [3.63, 3.8) is 0 Å². The molecule has 0 unspecified atom stereocenters. The number of aryl methyl sites for hydroxylation is 1. The number of nitrogens with one attached hydrogen (secondary N) is 1. The maximum atomic E-state index is 12.9. The summed E-state index contributed by atoms with van der Waals surface area (Å²) in [6.45, 7) is 3.70. The lowest BCUT2D eigenvalue weighted by molar-refractivity contribution is -0.136. The van der Waals surface area contributed by atoms with Gasteiger partial charge in [0.15, 0.2) is 0 Å². The summed E-state index contributed by atoms with van der Waals surface area (Å²) in [4.78, 5) is 25.1. The molecule has 1 atom stereocenters. The Labute approximate surface area is 203 Å². The van der Waals surface area contributed by atoms with Crippen molar-refractivity contribution in [1.29, 1.82) is 0 Å². The zero-order valence-corrected chi connectivity index (χ0v) is 20.2. The fraction of sp³-hybridized carbons (Fsp3) is 0.185. The van der Waals surface area contributed by atoms with E-state index >= 15 is 0 Å². The number of fused-ring (bicyclic) bond motifs is 1. The van der Waals surface area contributed by atoms with E-state index in [0.29, 0.717) is 17.4 Å². The van der Waals surface area contributed by atoms with Crippen molar-refractivity contribution in [2.24, 2.45) is 0 Å². The van der Waals surface area contributed by atoms with Crippen LogP contribution >= 0.6 is 0 Å². The zero-order chi connectivity index (χ0) is 25.0. The van der Waals surface area contributed by atoms with Crippen LogP contribution in [0.2, 0.25) is 0 Å². The van der Waals surface area contributed by atoms with E-state index in [1.54, 1.807) is 24.3 Å². The molecule has 0 saturated heterocycles. The first kappa shape index (κ1) is 24.4. The molecule has 0 aliphatic carbocycles. The van der Waals surface area contributed by atoms with Crippen molar-refractivity contribution in [2.45, 2.75) is 37.6 Å². The van der Waals surface area contributed by atoms with Crippen molar-refractivity contribution in [3.05, 3.63) is 94.8 Å². The molecule has 4 rings (SSSR count). The summed E-state index contributed by atoms with van der Waals surface area (Å²) in [6.07, 6.45) is 0.813. The molecule has 0 bridgehead atoms. The minimum Gasteiger partial charge on any atom is -0.425 e. The van der Waals surface area contributed by atoms with Gasteiger partial charge in [-0.15, -0.1) is 0 Å². The van der Waals surface area contributed by atoms with Crippen LogP contribution in [0.25, 0.3) is 22.1 Å². The van der Waals surface area contributed by atoms with Crippen molar-refractivity contribution in [2.75, 3.05) is 0 Å². The number of benzene rings is 3. The number of hydrogen-bond donors (Lipinski definition) is 1. The molecule has 1 aromatic heterocycles. The molecule has 0 aliphatic heterocycles. The van der Waals surface area contributed by atoms with Crippen LogP contribution in [0, 0.1) is 6.92 Å². The standard InChI is InChI=1S/C27H25NO6S/c1-3-7-24(28-35(31,32)21-13-10-18(2)11-14-21)27(30)33-20-12-15-22-23(19-8-5-4-6-9-19)17-26(29)34-25(22)16-20/h4-6,8-17,24,28H,3,7H2,1-2H3/t24-/m0/s1. The van der Waals surface area contributed by atoms with Crippen LogP contribution in [-0.4, -0.2) is 20.4 Å². The average molecular weight is 492 g/mol. The van der Waals surface area contributed by atoms with E-state index in [9.17, 15) is 18.0 Å². The third kappa shape index (κ3) is 5.67. The lowest BCUT2D eigenvalue weighted by Crippen LogP contribution is -2.42. The van der Waals surface area contributed by atoms with Gasteiger partial charge in [0.1, 0.15) is 17.4 Å². The molecular weight excluding hydrogens is 466 g/mol. The van der Waals surface area contributed by atoms with Crippen LogP contribution in [0.1, 0.15) is 25.3 Å². The fourth-order valence-electron chi connectivity index (χ4n) is 3.74. The van der Waals surface area contributed by atoms with E-state index in [-0.39, 0.29) is 22.6 Å². The predicted octanol–water partition coefficient (Wildman–Crippen LogP) is 4.82. The molecule has 1 N–H and O–H groups in total. The molecule has 0 saturated carbocycles. The maximum Gasteiger partial charge on any atom is 0.336 e. The van der Waals surface area contributed by atoms with Crippen LogP contribution < -0.4 is 15.1 Å². The highest BCUT2D eigenvalue weighted by molar-refractivity contribution is 7.89. The van der Waals surface area contributed by atoms with Gasteiger partial charge in [-0.1, -0.05) is 61.4 Å². The van der Waals surface area contributed by atoms with E-state index in [1.165, 1.54) is 24.3 Å². The summed E-state index contributed by atoms with van der Waals surface area (Å²) in [5.74, 6) is -0.602. The van der Waals surface area contributed by atoms with Gasteiger partial charge in [-0.25, -0.2) is 18.0 Å². The average Bonchev–Trinajstić information content (AvgIpc) is 2.83. The number of esters is 1. The van der Waals surface area contributed by atoms with Crippen LogP contribution in [0.3, 0.4) is 0 Å². The Balaban J connectivity index is 1.59. The normalized spacial score (nSPS) is 12.4. The van der Waals surface area contributed by atoms with Crippen LogP contribution in [-0.2, 0) is 14.8 Å². The number of sulfonamides is 1. The molecule has 1 heterocycles. The van der Waals surface area contributed by atoms with Gasteiger partial charge >= 0.3 is 11.6 Å². The van der Waals surface area contributed by atoms with Crippen molar-refractivity contribution in [3.8, 4) is 16.9 Å². The Morgan fingerprint density at radius 3 is 2.40 bits per heavy atom. The molecule has 4 aromatic rings. The molecule has 3 aromatic carbocycles. The highest BCUT2D eigenvalue weighted by atomic mass is 32.2. The molecular formula is C27H25NO6S. The molecule has 0 spiro atoms. The Morgan fingerprint density at radius 1 is 1.00 bits per heavy atom. The SMILES string of the molecule is CCC[C@H](NS(=O)(=O)c1ccc(C)cc1)C(=O)Oc1ccc2c(-c3ccccc3)cc(=O)oc2c1. The molecule has 0 amide bonds. The highest BCUT2D eigenvalue weighted by Gasteiger charge is 2.27. The third-order valence-corrected chi connectivity index (χ3v) is 7.00. The van der Waals surface area contributed by atoms with Crippen molar-refractivity contribution >= 4 is 27.0 Å². The summed E-state index contributed by atoms with van der Waals surface area (Å²) in [5.41, 5.74) is 2.20. The summed E-state index contributed by atoms with van der Waals surface area (Å²) in [6, 6.07) is 20.8.